The number of rotatable bonds is 6. The van der Waals surface area contributed by atoms with E-state index < -0.39 is 0 Å². The van der Waals surface area contributed by atoms with Crippen molar-refractivity contribution in [3.8, 4) is 0 Å². The fraction of sp³-hybridized carbons (Fsp3) is 0.333. The molecule has 1 heterocycles. The zero-order valence-corrected chi connectivity index (χ0v) is 13.9. The molecule has 2 rings (SSSR count). The van der Waals surface area contributed by atoms with E-state index in [1.165, 1.54) is 0 Å². The molecule has 2 aromatic rings. The number of nitrogens with zero attached hydrogens (tertiary/aromatic N) is 2. The molecule has 0 spiro atoms. The van der Waals surface area contributed by atoms with E-state index in [0.29, 0.717) is 18.2 Å². The van der Waals surface area contributed by atoms with Crippen molar-refractivity contribution in [2.75, 3.05) is 5.75 Å². The summed E-state index contributed by atoms with van der Waals surface area (Å²) >= 11 is 4.99. The predicted molar refractivity (Wildman–Crippen MR) is 86.2 cm³/mol. The lowest BCUT2D eigenvalue weighted by Crippen LogP contribution is -2.08. The topological polar surface area (TPSA) is 34.9 Å². The van der Waals surface area contributed by atoms with Gasteiger partial charge in [-0.2, -0.15) is 5.10 Å². The van der Waals surface area contributed by atoms with Crippen molar-refractivity contribution in [3.05, 3.63) is 46.7 Å². The van der Waals surface area contributed by atoms with E-state index in [9.17, 15) is 4.79 Å². The van der Waals surface area contributed by atoms with Gasteiger partial charge in [-0.25, -0.2) is 0 Å². The molecule has 0 bridgehead atoms. The summed E-state index contributed by atoms with van der Waals surface area (Å²) in [6.45, 7) is 4.14. The number of Topliss-reactive ketones (excluding diaryl/α,β-unsaturated/α-hetero) is 1. The van der Waals surface area contributed by atoms with E-state index in [1.54, 1.807) is 11.8 Å². The van der Waals surface area contributed by atoms with Crippen molar-refractivity contribution >= 4 is 33.5 Å². The molecule has 106 valence electrons. The Hall–Kier alpha value is -1.07. The average Bonchev–Trinajstić information content (AvgIpc) is 2.85. The summed E-state index contributed by atoms with van der Waals surface area (Å²) in [5.41, 5.74) is 0.846. The van der Waals surface area contributed by atoms with E-state index in [4.69, 9.17) is 0 Å². The van der Waals surface area contributed by atoms with Crippen molar-refractivity contribution in [1.82, 2.24) is 9.78 Å². The van der Waals surface area contributed by atoms with Crippen molar-refractivity contribution in [1.29, 1.82) is 0 Å². The maximum atomic E-state index is 12.0. The Morgan fingerprint density at radius 3 is 2.85 bits per heavy atom. The maximum absolute atomic E-state index is 12.0. The first-order valence-corrected chi connectivity index (χ1v) is 8.26. The summed E-state index contributed by atoms with van der Waals surface area (Å²) in [7, 11) is 0. The van der Waals surface area contributed by atoms with Crippen LogP contribution in [0.2, 0.25) is 0 Å². The van der Waals surface area contributed by atoms with E-state index in [2.05, 4.69) is 34.9 Å². The Morgan fingerprint density at radius 1 is 1.40 bits per heavy atom. The molecule has 0 aliphatic rings. The Morgan fingerprint density at radius 2 is 2.20 bits per heavy atom. The van der Waals surface area contributed by atoms with Gasteiger partial charge in [0.25, 0.3) is 0 Å². The second-order valence-electron chi connectivity index (χ2n) is 4.84. The second kappa shape index (κ2) is 7.09. The minimum absolute atomic E-state index is 0.198. The van der Waals surface area contributed by atoms with Crippen LogP contribution in [0.25, 0.3) is 0 Å². The normalized spacial score (nSPS) is 11.0. The smallest absolute Gasteiger partial charge is 0.149 e. The third-order valence-electron chi connectivity index (χ3n) is 2.77. The lowest BCUT2D eigenvalue weighted by molar-refractivity contribution is -0.116. The highest BCUT2D eigenvalue weighted by Gasteiger charge is 2.08. The zero-order chi connectivity index (χ0) is 14.5. The van der Waals surface area contributed by atoms with Crippen molar-refractivity contribution < 1.29 is 4.79 Å². The van der Waals surface area contributed by atoms with Gasteiger partial charge in [-0.15, -0.1) is 11.8 Å². The van der Waals surface area contributed by atoms with Crippen molar-refractivity contribution in [3.63, 3.8) is 0 Å². The number of hydrogen-bond acceptors (Lipinski definition) is 3. The van der Waals surface area contributed by atoms with Gasteiger partial charge in [0, 0.05) is 21.6 Å². The van der Waals surface area contributed by atoms with Crippen LogP contribution in [-0.4, -0.2) is 21.3 Å². The highest BCUT2D eigenvalue weighted by atomic mass is 79.9. The number of carbonyl (C=O) groups excluding carboxylic acids is 1. The summed E-state index contributed by atoms with van der Waals surface area (Å²) in [5.74, 6) is 0.675. The molecule has 0 unspecified atom stereocenters. The minimum Gasteiger partial charge on any atom is -0.298 e. The van der Waals surface area contributed by atoms with E-state index in [-0.39, 0.29) is 5.78 Å². The number of hydrogen-bond donors (Lipinski definition) is 0. The minimum atomic E-state index is 0.198. The van der Waals surface area contributed by atoms with Gasteiger partial charge in [-0.05, 0) is 38.1 Å². The standard InChI is InChI=1S/C15H17BrN2OS/c1-11(2)18-7-6-13(17-18)9-14(19)10-20-15-5-3-4-12(16)8-15/h3-8,11H,9-10H2,1-2H3. The number of ketones is 1. The molecule has 1 aromatic carbocycles. The third-order valence-corrected chi connectivity index (χ3v) is 4.31. The fourth-order valence-corrected chi connectivity index (χ4v) is 3.10. The first kappa shape index (κ1) is 15.3. The van der Waals surface area contributed by atoms with Gasteiger partial charge in [0.1, 0.15) is 5.78 Å². The molecular formula is C15H17BrN2OS. The number of aromatic nitrogens is 2. The van der Waals surface area contributed by atoms with Crippen LogP contribution >= 0.6 is 27.7 Å². The second-order valence-corrected chi connectivity index (χ2v) is 6.81. The predicted octanol–water partition coefficient (Wildman–Crippen LogP) is 4.13. The van der Waals surface area contributed by atoms with Crippen molar-refractivity contribution in [2.45, 2.75) is 31.2 Å². The molecule has 0 radical (unpaired) electrons. The van der Waals surface area contributed by atoms with Crippen LogP contribution in [0.3, 0.4) is 0 Å². The zero-order valence-electron chi connectivity index (χ0n) is 11.5. The van der Waals surface area contributed by atoms with Crippen LogP contribution in [0, 0.1) is 0 Å². The van der Waals surface area contributed by atoms with Crippen LogP contribution in [0.5, 0.6) is 0 Å². The van der Waals surface area contributed by atoms with Gasteiger partial charge < -0.3 is 0 Å². The highest BCUT2D eigenvalue weighted by Crippen LogP contribution is 2.22. The first-order chi connectivity index (χ1) is 9.54. The molecule has 3 nitrogen and oxygen atoms in total. The molecule has 0 aliphatic carbocycles. The summed E-state index contributed by atoms with van der Waals surface area (Å²) in [5, 5.41) is 4.40. The fourth-order valence-electron chi connectivity index (χ4n) is 1.73. The molecule has 5 heteroatoms. The SMILES string of the molecule is CC(C)n1ccc(CC(=O)CSc2cccc(Br)c2)n1. The molecule has 0 saturated carbocycles. The Balaban J connectivity index is 1.86. The molecule has 1 aromatic heterocycles. The van der Waals surface area contributed by atoms with Crippen LogP contribution in [0.4, 0.5) is 0 Å². The van der Waals surface area contributed by atoms with Gasteiger partial charge in [-0.1, -0.05) is 22.0 Å². The molecule has 20 heavy (non-hydrogen) atoms. The number of thioether (sulfide) groups is 1. The molecule has 0 N–H and O–H groups in total. The van der Waals surface area contributed by atoms with Gasteiger partial charge in [-0.3, -0.25) is 9.48 Å². The molecule has 0 atom stereocenters. The van der Waals surface area contributed by atoms with Gasteiger partial charge in [0.2, 0.25) is 0 Å². The summed E-state index contributed by atoms with van der Waals surface area (Å²) in [6, 6.07) is 10.2. The number of benzene rings is 1. The van der Waals surface area contributed by atoms with Crippen molar-refractivity contribution in [2.24, 2.45) is 0 Å². The molecule has 0 aliphatic heterocycles. The van der Waals surface area contributed by atoms with Crippen LogP contribution < -0.4 is 0 Å². The quantitative estimate of drug-likeness (QED) is 0.733. The van der Waals surface area contributed by atoms with Gasteiger partial charge in [0.15, 0.2) is 0 Å². The van der Waals surface area contributed by atoms with Crippen LogP contribution in [0.15, 0.2) is 45.9 Å². The summed E-state index contributed by atoms with van der Waals surface area (Å²) in [4.78, 5) is 13.1. The monoisotopic (exact) mass is 352 g/mol. The molecule has 0 saturated heterocycles. The molecular weight excluding hydrogens is 336 g/mol. The molecule has 0 amide bonds. The van der Waals surface area contributed by atoms with E-state index in [0.717, 1.165) is 15.1 Å². The van der Waals surface area contributed by atoms with E-state index >= 15 is 0 Å². The molecule has 0 fully saturated rings. The lowest BCUT2D eigenvalue weighted by Gasteiger charge is -2.04. The lowest BCUT2D eigenvalue weighted by atomic mass is 10.2. The Labute approximate surface area is 131 Å². The average molecular weight is 353 g/mol. The largest absolute Gasteiger partial charge is 0.298 e. The summed E-state index contributed by atoms with van der Waals surface area (Å²) in [6.07, 6.45) is 2.33. The van der Waals surface area contributed by atoms with E-state index in [1.807, 2.05) is 41.2 Å². The van der Waals surface area contributed by atoms with Crippen LogP contribution in [-0.2, 0) is 11.2 Å². The Kier molecular flexibility index (Phi) is 5.43. The summed E-state index contributed by atoms with van der Waals surface area (Å²) < 4.78 is 2.91. The number of halogens is 1. The number of carbonyl (C=O) groups is 1. The highest BCUT2D eigenvalue weighted by molar-refractivity contribution is 9.10. The Bertz CT molecular complexity index is 595. The van der Waals surface area contributed by atoms with Gasteiger partial charge >= 0.3 is 0 Å². The van der Waals surface area contributed by atoms with Gasteiger partial charge in [0.05, 0.1) is 17.9 Å². The maximum Gasteiger partial charge on any atom is 0.149 e. The third kappa shape index (κ3) is 4.49. The first-order valence-electron chi connectivity index (χ1n) is 6.48. The van der Waals surface area contributed by atoms with Crippen LogP contribution in [0.1, 0.15) is 25.6 Å².